The number of nitrogens with two attached hydrogens (primary N) is 1. The maximum absolute atomic E-state index is 12.3. The number of carbonyl (C=O) groups is 1. The fraction of sp³-hybridized carbons (Fsp3) is 0.533. The number of carbonyl (C=O) groups excluding carboxylic acids is 1. The minimum atomic E-state index is -0.908. The Bertz CT molecular complexity index is 534. The summed E-state index contributed by atoms with van der Waals surface area (Å²) in [6.07, 6.45) is 3.91. The summed E-state index contributed by atoms with van der Waals surface area (Å²) in [6, 6.07) is 7.30. The Kier molecular flexibility index (Phi) is 6.38. The van der Waals surface area contributed by atoms with Gasteiger partial charge in [0.2, 0.25) is 0 Å². The standard InChI is InChI=1S/C15H22N2O2S.ClH/c1-15(10-16,13-6-7-13)17-14(18)12-5-3-4-11(8-12)9-20(2)19;/h3-5,8,13H,6-7,9-10,16H2,1-2H3,(H,17,18);1H. The van der Waals surface area contributed by atoms with Crippen molar-refractivity contribution in [1.82, 2.24) is 5.32 Å². The van der Waals surface area contributed by atoms with E-state index in [1.54, 1.807) is 18.4 Å². The van der Waals surface area contributed by atoms with E-state index >= 15 is 0 Å². The number of benzene rings is 1. The second-order valence-electron chi connectivity index (χ2n) is 5.77. The molecule has 1 aromatic carbocycles. The van der Waals surface area contributed by atoms with Crippen molar-refractivity contribution >= 4 is 29.1 Å². The van der Waals surface area contributed by atoms with Crippen molar-refractivity contribution in [3.8, 4) is 0 Å². The Morgan fingerprint density at radius 3 is 2.67 bits per heavy atom. The molecule has 1 amide bonds. The Morgan fingerprint density at radius 2 is 2.14 bits per heavy atom. The Labute approximate surface area is 134 Å². The van der Waals surface area contributed by atoms with Crippen LogP contribution in [0.25, 0.3) is 0 Å². The molecule has 2 rings (SSSR count). The number of hydrogen-bond donors (Lipinski definition) is 2. The highest BCUT2D eigenvalue weighted by Gasteiger charge is 2.41. The third kappa shape index (κ3) is 4.80. The average Bonchev–Trinajstić information content (AvgIpc) is 3.22. The van der Waals surface area contributed by atoms with Crippen LogP contribution >= 0.6 is 12.4 Å². The van der Waals surface area contributed by atoms with E-state index in [1.165, 1.54) is 0 Å². The number of amides is 1. The second kappa shape index (κ2) is 7.38. The minimum Gasteiger partial charge on any atom is -0.345 e. The lowest BCUT2D eigenvalue weighted by Crippen LogP contribution is -2.53. The molecule has 1 saturated carbocycles. The van der Waals surface area contributed by atoms with Gasteiger partial charge in [-0.1, -0.05) is 12.1 Å². The molecule has 2 unspecified atom stereocenters. The minimum absolute atomic E-state index is 0. The van der Waals surface area contributed by atoms with Crippen molar-refractivity contribution in [3.05, 3.63) is 35.4 Å². The largest absolute Gasteiger partial charge is 0.345 e. The highest BCUT2D eigenvalue weighted by molar-refractivity contribution is 7.83. The topological polar surface area (TPSA) is 72.2 Å². The average molecular weight is 331 g/mol. The second-order valence-corrected chi connectivity index (χ2v) is 7.20. The molecule has 1 fully saturated rings. The lowest BCUT2D eigenvalue weighted by Gasteiger charge is -2.29. The predicted octanol–water partition coefficient (Wildman–Crippen LogP) is 1.84. The van der Waals surface area contributed by atoms with E-state index in [2.05, 4.69) is 5.32 Å². The highest BCUT2D eigenvalue weighted by atomic mass is 35.5. The summed E-state index contributed by atoms with van der Waals surface area (Å²) in [4.78, 5) is 12.3. The zero-order chi connectivity index (χ0) is 14.8. The van der Waals surface area contributed by atoms with Crippen molar-refractivity contribution in [2.24, 2.45) is 11.7 Å². The van der Waals surface area contributed by atoms with Crippen molar-refractivity contribution in [2.75, 3.05) is 12.8 Å². The Morgan fingerprint density at radius 1 is 1.48 bits per heavy atom. The van der Waals surface area contributed by atoms with E-state index in [-0.39, 0.29) is 23.9 Å². The highest BCUT2D eigenvalue weighted by Crippen LogP contribution is 2.39. The molecule has 0 spiro atoms. The van der Waals surface area contributed by atoms with Gasteiger partial charge < -0.3 is 11.1 Å². The van der Waals surface area contributed by atoms with Gasteiger partial charge in [-0.05, 0) is 43.4 Å². The molecule has 0 radical (unpaired) electrons. The molecule has 2 atom stereocenters. The van der Waals surface area contributed by atoms with E-state index in [0.29, 0.717) is 23.8 Å². The van der Waals surface area contributed by atoms with Gasteiger partial charge in [-0.25, -0.2) is 0 Å². The Hall–Kier alpha value is -0.910. The van der Waals surface area contributed by atoms with Gasteiger partial charge in [-0.3, -0.25) is 9.00 Å². The number of halogens is 1. The van der Waals surface area contributed by atoms with Gasteiger partial charge in [0, 0.05) is 34.9 Å². The van der Waals surface area contributed by atoms with Crippen LogP contribution in [-0.4, -0.2) is 28.5 Å². The molecule has 118 valence electrons. The summed E-state index contributed by atoms with van der Waals surface area (Å²) in [5.74, 6) is 0.856. The first-order valence-electron chi connectivity index (χ1n) is 6.86. The van der Waals surface area contributed by atoms with E-state index in [9.17, 15) is 9.00 Å². The summed E-state index contributed by atoms with van der Waals surface area (Å²) in [5.41, 5.74) is 7.02. The molecule has 0 bridgehead atoms. The van der Waals surface area contributed by atoms with Gasteiger partial charge in [0.1, 0.15) is 0 Å². The van der Waals surface area contributed by atoms with Crippen LogP contribution in [0.4, 0.5) is 0 Å². The monoisotopic (exact) mass is 330 g/mol. The zero-order valence-electron chi connectivity index (χ0n) is 12.4. The quantitative estimate of drug-likeness (QED) is 0.836. The van der Waals surface area contributed by atoms with Gasteiger partial charge in [0.05, 0.1) is 5.54 Å². The summed E-state index contributed by atoms with van der Waals surface area (Å²) in [5, 5.41) is 3.06. The van der Waals surface area contributed by atoms with Gasteiger partial charge in [-0.2, -0.15) is 0 Å². The molecule has 0 saturated heterocycles. The maximum atomic E-state index is 12.3. The summed E-state index contributed by atoms with van der Waals surface area (Å²) in [6.45, 7) is 2.45. The molecule has 6 heteroatoms. The zero-order valence-corrected chi connectivity index (χ0v) is 14.1. The van der Waals surface area contributed by atoms with Gasteiger partial charge >= 0.3 is 0 Å². The SMILES string of the molecule is CS(=O)Cc1cccc(C(=O)NC(C)(CN)C2CC2)c1.Cl. The number of nitrogens with one attached hydrogen (secondary N) is 1. The molecule has 3 N–H and O–H groups in total. The van der Waals surface area contributed by atoms with Crippen LogP contribution in [0.5, 0.6) is 0 Å². The summed E-state index contributed by atoms with van der Waals surface area (Å²) < 4.78 is 11.3. The van der Waals surface area contributed by atoms with Crippen molar-refractivity contribution in [2.45, 2.75) is 31.1 Å². The fourth-order valence-electron chi connectivity index (χ4n) is 2.41. The Balaban J connectivity index is 0.00000220. The maximum Gasteiger partial charge on any atom is 0.251 e. The third-order valence-corrected chi connectivity index (χ3v) is 4.60. The van der Waals surface area contributed by atoms with Gasteiger partial charge in [0.25, 0.3) is 5.91 Å². The molecular formula is C15H23ClN2O2S. The van der Waals surface area contributed by atoms with Crippen LogP contribution in [0, 0.1) is 5.92 Å². The molecule has 0 aromatic heterocycles. The number of hydrogen-bond acceptors (Lipinski definition) is 3. The van der Waals surface area contributed by atoms with Crippen LogP contribution in [0.1, 0.15) is 35.7 Å². The van der Waals surface area contributed by atoms with Crippen LogP contribution < -0.4 is 11.1 Å². The number of rotatable bonds is 6. The van der Waals surface area contributed by atoms with Gasteiger partial charge in [-0.15, -0.1) is 12.4 Å². The molecule has 0 heterocycles. The smallest absolute Gasteiger partial charge is 0.251 e. The van der Waals surface area contributed by atoms with E-state index in [1.807, 2.05) is 19.1 Å². The fourth-order valence-corrected chi connectivity index (χ4v) is 3.06. The molecule has 1 aliphatic rings. The van der Waals surface area contributed by atoms with Gasteiger partial charge in [0.15, 0.2) is 0 Å². The lowest BCUT2D eigenvalue weighted by atomic mass is 9.95. The summed E-state index contributed by atoms with van der Waals surface area (Å²) in [7, 11) is -0.908. The van der Waals surface area contributed by atoms with Crippen LogP contribution in [-0.2, 0) is 16.6 Å². The first-order valence-corrected chi connectivity index (χ1v) is 8.59. The molecular weight excluding hydrogens is 308 g/mol. The first-order chi connectivity index (χ1) is 9.44. The van der Waals surface area contributed by atoms with E-state index < -0.39 is 10.8 Å². The molecule has 0 aliphatic heterocycles. The van der Waals surface area contributed by atoms with Crippen LogP contribution in [0.15, 0.2) is 24.3 Å². The van der Waals surface area contributed by atoms with Crippen molar-refractivity contribution < 1.29 is 9.00 Å². The van der Waals surface area contributed by atoms with Crippen LogP contribution in [0.2, 0.25) is 0 Å². The third-order valence-electron chi connectivity index (χ3n) is 3.86. The normalized spacial score (nSPS) is 18.2. The van der Waals surface area contributed by atoms with E-state index in [4.69, 9.17) is 5.73 Å². The molecule has 1 aliphatic carbocycles. The van der Waals surface area contributed by atoms with Crippen molar-refractivity contribution in [1.29, 1.82) is 0 Å². The molecule has 1 aromatic rings. The molecule has 4 nitrogen and oxygen atoms in total. The summed E-state index contributed by atoms with van der Waals surface area (Å²) >= 11 is 0. The first kappa shape index (κ1) is 18.1. The van der Waals surface area contributed by atoms with Crippen molar-refractivity contribution in [3.63, 3.8) is 0 Å². The molecule has 21 heavy (non-hydrogen) atoms. The predicted molar refractivity (Wildman–Crippen MR) is 89.1 cm³/mol. The van der Waals surface area contributed by atoms with E-state index in [0.717, 1.165) is 18.4 Å². The lowest BCUT2D eigenvalue weighted by molar-refractivity contribution is 0.0897. The van der Waals surface area contributed by atoms with Crippen LogP contribution in [0.3, 0.4) is 0 Å².